The number of carbonyl (C=O) groups is 2. The number of aliphatic carboxylic acids is 2. The molecular formula is C17H15NO5. The van der Waals surface area contributed by atoms with Crippen molar-refractivity contribution in [2.24, 2.45) is 0 Å². The Balaban J connectivity index is 2.16. The average molecular weight is 313 g/mol. The molecule has 2 aromatic rings. The standard InChI is InChI=1S/C17H15NO5/c19-16(20)10-14(17(21)22)18-13-8-4-5-9-15(13)23-11-12-6-2-1-3-7-12/h1-10,18H,11H2,(H,19,20)(H,21,22)/b14-10-. The van der Waals surface area contributed by atoms with Crippen LogP contribution >= 0.6 is 0 Å². The molecule has 6 nitrogen and oxygen atoms in total. The second kappa shape index (κ2) is 7.65. The fourth-order valence-corrected chi connectivity index (χ4v) is 1.85. The molecule has 0 saturated heterocycles. The number of para-hydroxylation sites is 2. The summed E-state index contributed by atoms with van der Waals surface area (Å²) in [5.41, 5.74) is 0.883. The minimum absolute atomic E-state index is 0.310. The highest BCUT2D eigenvalue weighted by molar-refractivity contribution is 5.97. The molecule has 0 fully saturated rings. The Morgan fingerprint density at radius 1 is 1.00 bits per heavy atom. The lowest BCUT2D eigenvalue weighted by molar-refractivity contribution is -0.134. The van der Waals surface area contributed by atoms with E-state index in [1.165, 1.54) is 0 Å². The van der Waals surface area contributed by atoms with Crippen LogP contribution in [0.4, 0.5) is 5.69 Å². The van der Waals surface area contributed by atoms with Crippen LogP contribution in [0.3, 0.4) is 0 Å². The molecule has 0 amide bonds. The molecule has 23 heavy (non-hydrogen) atoms. The number of nitrogens with one attached hydrogen (secondary N) is 1. The zero-order valence-corrected chi connectivity index (χ0v) is 12.1. The number of anilines is 1. The molecule has 0 aromatic heterocycles. The topological polar surface area (TPSA) is 95.9 Å². The summed E-state index contributed by atoms with van der Waals surface area (Å²) < 4.78 is 5.68. The number of ether oxygens (including phenoxy) is 1. The molecule has 0 bridgehead atoms. The SMILES string of the molecule is O=C(O)/C=C(\Nc1ccccc1OCc1ccccc1)C(=O)O. The largest absolute Gasteiger partial charge is 0.487 e. The maximum atomic E-state index is 11.1. The Kier molecular flexibility index (Phi) is 5.35. The summed E-state index contributed by atoms with van der Waals surface area (Å²) in [4.78, 5) is 21.8. The van der Waals surface area contributed by atoms with E-state index in [0.29, 0.717) is 24.1 Å². The van der Waals surface area contributed by atoms with Crippen LogP contribution in [0, 0.1) is 0 Å². The maximum absolute atomic E-state index is 11.1. The van der Waals surface area contributed by atoms with Crippen molar-refractivity contribution < 1.29 is 24.5 Å². The van der Waals surface area contributed by atoms with E-state index in [1.54, 1.807) is 24.3 Å². The molecular weight excluding hydrogens is 298 g/mol. The Labute approximate surface area is 132 Å². The molecule has 0 heterocycles. The zero-order chi connectivity index (χ0) is 16.7. The van der Waals surface area contributed by atoms with E-state index in [2.05, 4.69) is 5.32 Å². The summed E-state index contributed by atoms with van der Waals surface area (Å²) >= 11 is 0. The molecule has 118 valence electrons. The number of hydrogen-bond donors (Lipinski definition) is 3. The van der Waals surface area contributed by atoms with Gasteiger partial charge in [0.15, 0.2) is 0 Å². The highest BCUT2D eigenvalue weighted by Gasteiger charge is 2.12. The van der Waals surface area contributed by atoms with E-state index in [0.717, 1.165) is 5.56 Å². The van der Waals surface area contributed by atoms with Gasteiger partial charge >= 0.3 is 11.9 Å². The van der Waals surface area contributed by atoms with Crippen molar-refractivity contribution in [3.8, 4) is 5.75 Å². The molecule has 0 aliphatic carbocycles. The van der Waals surface area contributed by atoms with Gasteiger partial charge in [0.05, 0.1) is 11.8 Å². The second-order valence-electron chi connectivity index (χ2n) is 4.60. The summed E-state index contributed by atoms with van der Waals surface area (Å²) in [6.45, 7) is 0.310. The molecule has 0 atom stereocenters. The number of carboxylic acids is 2. The lowest BCUT2D eigenvalue weighted by atomic mass is 10.2. The summed E-state index contributed by atoms with van der Waals surface area (Å²) in [7, 11) is 0. The van der Waals surface area contributed by atoms with Crippen LogP contribution in [0.5, 0.6) is 5.75 Å². The smallest absolute Gasteiger partial charge is 0.352 e. The second-order valence-corrected chi connectivity index (χ2v) is 4.60. The van der Waals surface area contributed by atoms with Gasteiger partial charge in [-0.3, -0.25) is 0 Å². The molecule has 0 spiro atoms. The molecule has 6 heteroatoms. The fraction of sp³-hybridized carbons (Fsp3) is 0.0588. The summed E-state index contributed by atoms with van der Waals surface area (Å²) in [6, 6.07) is 16.2. The third-order valence-electron chi connectivity index (χ3n) is 2.89. The molecule has 2 aromatic carbocycles. The first-order valence-electron chi connectivity index (χ1n) is 6.77. The van der Waals surface area contributed by atoms with Crippen molar-refractivity contribution in [2.75, 3.05) is 5.32 Å². The average Bonchev–Trinajstić information content (AvgIpc) is 2.54. The zero-order valence-electron chi connectivity index (χ0n) is 12.1. The molecule has 0 aliphatic rings. The molecule has 0 radical (unpaired) electrons. The van der Waals surface area contributed by atoms with Gasteiger partial charge in [-0.1, -0.05) is 42.5 Å². The van der Waals surface area contributed by atoms with Crippen LogP contribution < -0.4 is 10.1 Å². The predicted octanol–water partition coefficient (Wildman–Crippen LogP) is 2.73. The third kappa shape index (κ3) is 4.89. The first-order valence-corrected chi connectivity index (χ1v) is 6.77. The molecule has 3 N–H and O–H groups in total. The first kappa shape index (κ1) is 16.1. The van der Waals surface area contributed by atoms with Gasteiger partial charge in [0.1, 0.15) is 18.1 Å². The van der Waals surface area contributed by atoms with Gasteiger partial charge in [0, 0.05) is 0 Å². The van der Waals surface area contributed by atoms with Crippen LogP contribution in [-0.2, 0) is 16.2 Å². The highest BCUT2D eigenvalue weighted by Crippen LogP contribution is 2.26. The van der Waals surface area contributed by atoms with E-state index in [4.69, 9.17) is 14.9 Å². The lowest BCUT2D eigenvalue weighted by Crippen LogP contribution is -2.13. The molecule has 0 saturated carbocycles. The van der Waals surface area contributed by atoms with Crippen molar-refractivity contribution in [3.05, 3.63) is 71.9 Å². The van der Waals surface area contributed by atoms with Crippen LogP contribution in [-0.4, -0.2) is 22.2 Å². The predicted molar refractivity (Wildman–Crippen MR) is 84.2 cm³/mol. The Morgan fingerprint density at radius 2 is 1.65 bits per heavy atom. The van der Waals surface area contributed by atoms with E-state index in [1.807, 2.05) is 30.3 Å². The lowest BCUT2D eigenvalue weighted by Gasteiger charge is -2.13. The van der Waals surface area contributed by atoms with E-state index in [9.17, 15) is 9.59 Å². The van der Waals surface area contributed by atoms with Gasteiger partial charge < -0.3 is 20.3 Å². The van der Waals surface area contributed by atoms with Gasteiger partial charge in [0.2, 0.25) is 0 Å². The minimum Gasteiger partial charge on any atom is -0.487 e. The van der Waals surface area contributed by atoms with Crippen molar-refractivity contribution in [3.63, 3.8) is 0 Å². The number of carboxylic acid groups (broad SMARTS) is 2. The van der Waals surface area contributed by atoms with Gasteiger partial charge in [0.25, 0.3) is 0 Å². The van der Waals surface area contributed by atoms with Crippen LogP contribution in [0.2, 0.25) is 0 Å². The van der Waals surface area contributed by atoms with E-state index < -0.39 is 17.6 Å². The highest BCUT2D eigenvalue weighted by atomic mass is 16.5. The first-order chi connectivity index (χ1) is 11.1. The van der Waals surface area contributed by atoms with Crippen LogP contribution in [0.15, 0.2) is 66.4 Å². The van der Waals surface area contributed by atoms with Gasteiger partial charge in [-0.25, -0.2) is 9.59 Å². The Bertz CT molecular complexity index is 725. The van der Waals surface area contributed by atoms with Crippen molar-refractivity contribution >= 4 is 17.6 Å². The van der Waals surface area contributed by atoms with Crippen molar-refractivity contribution in [2.45, 2.75) is 6.61 Å². The number of benzene rings is 2. The Morgan fingerprint density at radius 3 is 2.30 bits per heavy atom. The van der Waals surface area contributed by atoms with E-state index in [-0.39, 0.29) is 0 Å². The van der Waals surface area contributed by atoms with Crippen LogP contribution in [0.1, 0.15) is 5.56 Å². The fourth-order valence-electron chi connectivity index (χ4n) is 1.85. The summed E-state index contributed by atoms with van der Waals surface area (Å²) in [6.07, 6.45) is 0.594. The van der Waals surface area contributed by atoms with E-state index >= 15 is 0 Å². The van der Waals surface area contributed by atoms with Crippen molar-refractivity contribution in [1.29, 1.82) is 0 Å². The monoisotopic (exact) mass is 313 g/mol. The summed E-state index contributed by atoms with van der Waals surface area (Å²) in [5, 5.41) is 20.3. The minimum atomic E-state index is -1.37. The normalized spacial score (nSPS) is 10.9. The number of rotatable bonds is 7. The van der Waals surface area contributed by atoms with Crippen molar-refractivity contribution in [1.82, 2.24) is 0 Å². The maximum Gasteiger partial charge on any atom is 0.352 e. The van der Waals surface area contributed by atoms with Gasteiger partial charge in [-0.2, -0.15) is 0 Å². The Hall–Kier alpha value is -3.28. The molecule has 2 rings (SSSR count). The third-order valence-corrected chi connectivity index (χ3v) is 2.89. The van der Waals surface area contributed by atoms with Gasteiger partial charge in [-0.15, -0.1) is 0 Å². The summed E-state index contributed by atoms with van der Waals surface area (Å²) in [5.74, 6) is -2.29. The quantitative estimate of drug-likeness (QED) is 0.680. The molecule has 0 aliphatic heterocycles. The number of hydrogen-bond acceptors (Lipinski definition) is 4. The van der Waals surface area contributed by atoms with Crippen LogP contribution in [0.25, 0.3) is 0 Å². The van der Waals surface area contributed by atoms with Gasteiger partial charge in [-0.05, 0) is 17.7 Å². The molecule has 0 unspecified atom stereocenters.